The van der Waals surface area contributed by atoms with Crippen molar-refractivity contribution in [1.29, 1.82) is 0 Å². The minimum atomic E-state index is -0.618. The molecular formula is C15H12ClFN2O2. The number of Topliss-reactive ketones (excluding diaryl/α,β-unsaturated/α-hetero) is 1. The first-order chi connectivity index (χ1) is 9.95. The summed E-state index contributed by atoms with van der Waals surface area (Å²) in [4.78, 5) is 23.1. The molecule has 0 aliphatic heterocycles. The number of halogens is 2. The molecule has 2 aromatic carbocycles. The number of benzene rings is 2. The number of amides is 2. The van der Waals surface area contributed by atoms with Crippen LogP contribution in [0.2, 0.25) is 5.02 Å². The van der Waals surface area contributed by atoms with Gasteiger partial charge in [-0.3, -0.25) is 4.79 Å². The van der Waals surface area contributed by atoms with Gasteiger partial charge in [0.2, 0.25) is 0 Å². The average molecular weight is 307 g/mol. The highest BCUT2D eigenvalue weighted by Crippen LogP contribution is 2.19. The molecule has 2 aromatic rings. The lowest BCUT2D eigenvalue weighted by molar-refractivity contribution is 0.101. The van der Waals surface area contributed by atoms with Gasteiger partial charge in [-0.15, -0.1) is 0 Å². The van der Waals surface area contributed by atoms with Crippen molar-refractivity contribution in [2.75, 3.05) is 10.6 Å². The summed E-state index contributed by atoms with van der Waals surface area (Å²) in [6, 6.07) is 9.93. The molecule has 0 fully saturated rings. The Balaban J connectivity index is 2.06. The molecule has 0 unspecified atom stereocenters. The van der Waals surface area contributed by atoms with Crippen LogP contribution in [0.15, 0.2) is 42.5 Å². The summed E-state index contributed by atoms with van der Waals surface area (Å²) in [6.45, 7) is 1.44. The van der Waals surface area contributed by atoms with Gasteiger partial charge in [-0.1, -0.05) is 23.7 Å². The maximum atomic E-state index is 13.3. The van der Waals surface area contributed by atoms with Crippen molar-refractivity contribution in [2.45, 2.75) is 6.92 Å². The van der Waals surface area contributed by atoms with Crippen LogP contribution in [0.5, 0.6) is 0 Å². The van der Waals surface area contributed by atoms with Crippen molar-refractivity contribution < 1.29 is 14.0 Å². The van der Waals surface area contributed by atoms with Crippen LogP contribution in [-0.2, 0) is 0 Å². The Labute approximate surface area is 125 Å². The Kier molecular flexibility index (Phi) is 4.55. The SMILES string of the molecule is CC(=O)c1cccc(NC(=O)Nc2ccc(Cl)c(F)c2)c1. The van der Waals surface area contributed by atoms with Crippen LogP contribution >= 0.6 is 11.6 Å². The summed E-state index contributed by atoms with van der Waals surface area (Å²) in [6.07, 6.45) is 0. The lowest BCUT2D eigenvalue weighted by atomic mass is 10.1. The van der Waals surface area contributed by atoms with Gasteiger partial charge in [0, 0.05) is 16.9 Å². The molecule has 21 heavy (non-hydrogen) atoms. The van der Waals surface area contributed by atoms with E-state index in [1.807, 2.05) is 0 Å². The second-order valence-electron chi connectivity index (χ2n) is 4.35. The lowest BCUT2D eigenvalue weighted by Crippen LogP contribution is -2.19. The quantitative estimate of drug-likeness (QED) is 0.829. The van der Waals surface area contributed by atoms with E-state index < -0.39 is 11.8 Å². The molecule has 2 rings (SSSR count). The summed E-state index contributed by atoms with van der Waals surface area (Å²) in [5.41, 5.74) is 1.23. The summed E-state index contributed by atoms with van der Waals surface area (Å²) in [5, 5.41) is 5.02. The molecule has 4 nitrogen and oxygen atoms in total. The molecule has 108 valence electrons. The number of carbonyl (C=O) groups is 2. The monoisotopic (exact) mass is 306 g/mol. The van der Waals surface area contributed by atoms with Crippen molar-refractivity contribution in [3.05, 3.63) is 58.9 Å². The van der Waals surface area contributed by atoms with Gasteiger partial charge in [0.15, 0.2) is 5.78 Å². The van der Waals surface area contributed by atoms with Crippen LogP contribution in [0.3, 0.4) is 0 Å². The molecule has 2 N–H and O–H groups in total. The first kappa shape index (κ1) is 15.0. The van der Waals surface area contributed by atoms with Gasteiger partial charge in [0.05, 0.1) is 5.02 Å². The molecular weight excluding hydrogens is 295 g/mol. The van der Waals surface area contributed by atoms with Crippen molar-refractivity contribution in [3.63, 3.8) is 0 Å². The Morgan fingerprint density at radius 2 is 1.71 bits per heavy atom. The number of hydrogen-bond acceptors (Lipinski definition) is 2. The van der Waals surface area contributed by atoms with Crippen LogP contribution in [0, 0.1) is 5.82 Å². The molecule has 0 saturated heterocycles. The van der Waals surface area contributed by atoms with E-state index in [0.717, 1.165) is 6.07 Å². The van der Waals surface area contributed by atoms with E-state index in [9.17, 15) is 14.0 Å². The average Bonchev–Trinajstić information content (AvgIpc) is 2.43. The van der Waals surface area contributed by atoms with Crippen molar-refractivity contribution in [2.24, 2.45) is 0 Å². The molecule has 0 aliphatic rings. The van der Waals surface area contributed by atoms with E-state index in [1.165, 1.54) is 19.1 Å². The molecule has 0 spiro atoms. The number of ketones is 1. The molecule has 0 saturated carbocycles. The maximum Gasteiger partial charge on any atom is 0.323 e. The molecule has 0 aliphatic carbocycles. The Hall–Kier alpha value is -2.40. The fourth-order valence-electron chi connectivity index (χ4n) is 1.68. The molecule has 2 amide bonds. The minimum Gasteiger partial charge on any atom is -0.308 e. The number of nitrogens with one attached hydrogen (secondary N) is 2. The van der Waals surface area contributed by atoms with Gasteiger partial charge in [0.25, 0.3) is 0 Å². The zero-order chi connectivity index (χ0) is 15.4. The fourth-order valence-corrected chi connectivity index (χ4v) is 1.80. The number of carbonyl (C=O) groups excluding carboxylic acids is 2. The Morgan fingerprint density at radius 1 is 1.05 bits per heavy atom. The van der Waals surface area contributed by atoms with E-state index in [4.69, 9.17) is 11.6 Å². The van der Waals surface area contributed by atoms with Gasteiger partial charge in [-0.2, -0.15) is 0 Å². The lowest BCUT2D eigenvalue weighted by Gasteiger charge is -2.08. The standard InChI is InChI=1S/C15H12ClFN2O2/c1-9(20)10-3-2-4-11(7-10)18-15(21)19-12-5-6-13(16)14(17)8-12/h2-8H,1H3,(H2,18,19,21). The topological polar surface area (TPSA) is 58.2 Å². The van der Waals surface area contributed by atoms with E-state index in [-0.39, 0.29) is 16.5 Å². The molecule has 6 heteroatoms. The van der Waals surface area contributed by atoms with Gasteiger partial charge in [0.1, 0.15) is 5.82 Å². The van der Waals surface area contributed by atoms with Crippen molar-refractivity contribution in [3.8, 4) is 0 Å². The Bertz CT molecular complexity index is 704. The van der Waals surface area contributed by atoms with Gasteiger partial charge < -0.3 is 10.6 Å². The molecule has 0 bridgehead atoms. The first-order valence-electron chi connectivity index (χ1n) is 6.10. The zero-order valence-electron chi connectivity index (χ0n) is 11.1. The first-order valence-corrected chi connectivity index (χ1v) is 6.47. The third kappa shape index (κ3) is 4.03. The third-order valence-electron chi connectivity index (χ3n) is 2.70. The van der Waals surface area contributed by atoms with Crippen LogP contribution < -0.4 is 10.6 Å². The number of urea groups is 1. The summed E-state index contributed by atoms with van der Waals surface area (Å²) >= 11 is 5.56. The minimum absolute atomic E-state index is 0.0184. The summed E-state index contributed by atoms with van der Waals surface area (Å²) < 4.78 is 13.3. The van der Waals surface area contributed by atoms with E-state index in [2.05, 4.69) is 10.6 Å². The van der Waals surface area contributed by atoms with Crippen LogP contribution in [0.1, 0.15) is 17.3 Å². The second-order valence-corrected chi connectivity index (χ2v) is 4.75. The zero-order valence-corrected chi connectivity index (χ0v) is 11.9. The fraction of sp³-hybridized carbons (Fsp3) is 0.0667. The van der Waals surface area contributed by atoms with Gasteiger partial charge >= 0.3 is 6.03 Å². The smallest absolute Gasteiger partial charge is 0.308 e. The number of hydrogen-bond donors (Lipinski definition) is 2. The van der Waals surface area contributed by atoms with Crippen molar-refractivity contribution in [1.82, 2.24) is 0 Å². The van der Waals surface area contributed by atoms with Gasteiger partial charge in [-0.05, 0) is 37.3 Å². The number of anilines is 2. The highest BCUT2D eigenvalue weighted by atomic mass is 35.5. The molecule has 0 atom stereocenters. The molecule has 0 heterocycles. The largest absolute Gasteiger partial charge is 0.323 e. The Morgan fingerprint density at radius 3 is 2.33 bits per heavy atom. The molecule has 0 aromatic heterocycles. The maximum absolute atomic E-state index is 13.3. The van der Waals surface area contributed by atoms with Crippen molar-refractivity contribution >= 4 is 34.8 Å². The van der Waals surface area contributed by atoms with E-state index in [0.29, 0.717) is 11.3 Å². The predicted octanol–water partition coefficient (Wildman–Crippen LogP) is 4.33. The normalized spacial score (nSPS) is 10.0. The van der Waals surface area contributed by atoms with E-state index in [1.54, 1.807) is 24.3 Å². The number of rotatable bonds is 3. The van der Waals surface area contributed by atoms with Crippen LogP contribution in [-0.4, -0.2) is 11.8 Å². The van der Waals surface area contributed by atoms with Gasteiger partial charge in [-0.25, -0.2) is 9.18 Å². The van der Waals surface area contributed by atoms with Crippen LogP contribution in [0.25, 0.3) is 0 Å². The third-order valence-corrected chi connectivity index (χ3v) is 3.01. The van der Waals surface area contributed by atoms with Crippen LogP contribution in [0.4, 0.5) is 20.6 Å². The predicted molar refractivity (Wildman–Crippen MR) is 80.5 cm³/mol. The molecule has 0 radical (unpaired) electrons. The second kappa shape index (κ2) is 6.37. The highest BCUT2D eigenvalue weighted by molar-refractivity contribution is 6.30. The summed E-state index contributed by atoms with van der Waals surface area (Å²) in [7, 11) is 0. The highest BCUT2D eigenvalue weighted by Gasteiger charge is 2.07. The van der Waals surface area contributed by atoms with E-state index >= 15 is 0 Å². The summed E-state index contributed by atoms with van der Waals surface area (Å²) in [5.74, 6) is -0.716.